The van der Waals surface area contributed by atoms with Gasteiger partial charge in [0.2, 0.25) is 5.91 Å². The van der Waals surface area contributed by atoms with Crippen LogP contribution in [0.25, 0.3) is 6.08 Å². The predicted octanol–water partition coefficient (Wildman–Crippen LogP) is 4.19. The predicted molar refractivity (Wildman–Crippen MR) is 80.1 cm³/mol. The first kappa shape index (κ1) is 14.1. The molecule has 0 bridgehead atoms. The van der Waals surface area contributed by atoms with Gasteiger partial charge in [-0.2, -0.15) is 0 Å². The molecule has 3 heteroatoms. The third-order valence-corrected chi connectivity index (χ3v) is 3.87. The van der Waals surface area contributed by atoms with E-state index in [1.807, 2.05) is 24.3 Å². The Morgan fingerprint density at radius 1 is 1.16 bits per heavy atom. The Balaban J connectivity index is 1.88. The minimum atomic E-state index is -0.0215. The Morgan fingerprint density at radius 2 is 1.84 bits per heavy atom. The Labute approximate surface area is 119 Å². The molecule has 0 aromatic heterocycles. The van der Waals surface area contributed by atoms with Crippen molar-refractivity contribution in [3.63, 3.8) is 0 Å². The number of hydrogen-bond donors (Lipinski definition) is 1. The van der Waals surface area contributed by atoms with Crippen molar-refractivity contribution in [2.24, 2.45) is 0 Å². The maximum absolute atomic E-state index is 11.9. The van der Waals surface area contributed by atoms with E-state index in [2.05, 4.69) is 5.32 Å². The monoisotopic (exact) mass is 277 g/mol. The number of carbonyl (C=O) groups is 1. The van der Waals surface area contributed by atoms with Crippen LogP contribution in [-0.4, -0.2) is 11.9 Å². The lowest BCUT2D eigenvalue weighted by molar-refractivity contribution is -0.117. The number of halogens is 1. The van der Waals surface area contributed by atoms with Crippen LogP contribution in [0.2, 0.25) is 5.02 Å². The highest BCUT2D eigenvalue weighted by Crippen LogP contribution is 2.18. The molecule has 1 aromatic carbocycles. The molecule has 0 radical (unpaired) electrons. The van der Waals surface area contributed by atoms with Crippen LogP contribution in [0.3, 0.4) is 0 Å². The van der Waals surface area contributed by atoms with Crippen LogP contribution in [0.15, 0.2) is 30.3 Å². The second-order valence-electron chi connectivity index (χ2n) is 5.05. The number of amides is 1. The van der Waals surface area contributed by atoms with Gasteiger partial charge in [0.25, 0.3) is 0 Å². The van der Waals surface area contributed by atoms with E-state index in [0.29, 0.717) is 11.1 Å². The van der Waals surface area contributed by atoms with Crippen LogP contribution < -0.4 is 5.32 Å². The number of rotatable bonds is 3. The molecule has 0 atom stereocenters. The molecular weight excluding hydrogens is 258 g/mol. The smallest absolute Gasteiger partial charge is 0.244 e. The number of carbonyl (C=O) groups excluding carboxylic acids is 1. The minimum Gasteiger partial charge on any atom is -0.350 e. The van der Waals surface area contributed by atoms with Gasteiger partial charge in [-0.15, -0.1) is 0 Å². The van der Waals surface area contributed by atoms with Gasteiger partial charge in [-0.1, -0.05) is 55.5 Å². The highest BCUT2D eigenvalue weighted by atomic mass is 35.5. The molecule has 1 saturated carbocycles. The van der Waals surface area contributed by atoms with Crippen LogP contribution in [0.1, 0.15) is 44.1 Å². The molecule has 102 valence electrons. The first-order valence-corrected chi connectivity index (χ1v) is 7.36. The van der Waals surface area contributed by atoms with Gasteiger partial charge < -0.3 is 5.32 Å². The lowest BCUT2D eigenvalue weighted by Crippen LogP contribution is -2.33. The fourth-order valence-corrected chi connectivity index (χ4v) is 2.65. The molecule has 1 N–H and O–H groups in total. The first-order chi connectivity index (χ1) is 9.25. The van der Waals surface area contributed by atoms with Gasteiger partial charge in [-0.05, 0) is 30.5 Å². The SMILES string of the molecule is O=C(C=Cc1ccccc1Cl)NC1CCCCCC1. The molecule has 19 heavy (non-hydrogen) atoms. The van der Waals surface area contributed by atoms with Crippen LogP contribution in [0, 0.1) is 0 Å². The highest BCUT2D eigenvalue weighted by molar-refractivity contribution is 6.32. The van der Waals surface area contributed by atoms with E-state index < -0.39 is 0 Å². The van der Waals surface area contributed by atoms with Crippen molar-refractivity contribution in [3.8, 4) is 0 Å². The summed E-state index contributed by atoms with van der Waals surface area (Å²) in [6, 6.07) is 7.85. The molecule has 1 aliphatic carbocycles. The second-order valence-corrected chi connectivity index (χ2v) is 5.46. The zero-order valence-corrected chi connectivity index (χ0v) is 11.8. The fourth-order valence-electron chi connectivity index (χ4n) is 2.45. The van der Waals surface area contributed by atoms with E-state index in [-0.39, 0.29) is 5.91 Å². The fraction of sp³-hybridized carbons (Fsp3) is 0.438. The summed E-state index contributed by atoms with van der Waals surface area (Å²) in [7, 11) is 0. The Hall–Kier alpha value is -1.28. The van der Waals surface area contributed by atoms with Crippen molar-refractivity contribution in [2.45, 2.75) is 44.6 Å². The van der Waals surface area contributed by atoms with Gasteiger partial charge in [0.15, 0.2) is 0 Å². The molecule has 0 aliphatic heterocycles. The third-order valence-electron chi connectivity index (χ3n) is 3.52. The van der Waals surface area contributed by atoms with Crippen LogP contribution >= 0.6 is 11.6 Å². The van der Waals surface area contributed by atoms with Gasteiger partial charge in [0, 0.05) is 17.1 Å². The number of benzene rings is 1. The molecule has 0 unspecified atom stereocenters. The molecule has 1 aliphatic rings. The molecule has 2 nitrogen and oxygen atoms in total. The van der Waals surface area contributed by atoms with Gasteiger partial charge in [-0.3, -0.25) is 4.79 Å². The minimum absolute atomic E-state index is 0.0215. The second kappa shape index (κ2) is 7.34. The van der Waals surface area contributed by atoms with Gasteiger partial charge >= 0.3 is 0 Å². The molecule has 2 rings (SSSR count). The maximum Gasteiger partial charge on any atom is 0.244 e. The summed E-state index contributed by atoms with van der Waals surface area (Å²) in [6.45, 7) is 0. The Bertz CT molecular complexity index is 448. The molecule has 1 aromatic rings. The topological polar surface area (TPSA) is 29.1 Å². The first-order valence-electron chi connectivity index (χ1n) is 6.99. The van der Waals surface area contributed by atoms with Crippen LogP contribution in [0.4, 0.5) is 0 Å². The van der Waals surface area contributed by atoms with Crippen molar-refractivity contribution >= 4 is 23.6 Å². The van der Waals surface area contributed by atoms with E-state index in [9.17, 15) is 4.79 Å². The molecule has 0 spiro atoms. The van der Waals surface area contributed by atoms with Crippen LogP contribution in [-0.2, 0) is 4.79 Å². The van der Waals surface area contributed by atoms with Gasteiger partial charge in [-0.25, -0.2) is 0 Å². The Morgan fingerprint density at radius 3 is 2.53 bits per heavy atom. The summed E-state index contributed by atoms with van der Waals surface area (Å²) in [5.74, 6) is -0.0215. The largest absolute Gasteiger partial charge is 0.350 e. The standard InChI is InChI=1S/C16H20ClNO/c17-15-10-6-5-7-13(15)11-12-16(19)18-14-8-3-1-2-4-9-14/h5-7,10-12,14H,1-4,8-9H2,(H,18,19). The van der Waals surface area contributed by atoms with Crippen molar-refractivity contribution in [2.75, 3.05) is 0 Å². The summed E-state index contributed by atoms with van der Waals surface area (Å²) in [4.78, 5) is 11.9. The lowest BCUT2D eigenvalue weighted by atomic mass is 10.1. The molecule has 1 amide bonds. The van der Waals surface area contributed by atoms with Gasteiger partial charge in [0.05, 0.1) is 0 Å². The summed E-state index contributed by atoms with van der Waals surface area (Å²) >= 11 is 6.04. The van der Waals surface area contributed by atoms with E-state index in [1.54, 1.807) is 12.2 Å². The molecule has 0 heterocycles. The van der Waals surface area contributed by atoms with Crippen LogP contribution in [0.5, 0.6) is 0 Å². The van der Waals surface area contributed by atoms with E-state index in [4.69, 9.17) is 11.6 Å². The lowest BCUT2D eigenvalue weighted by Gasteiger charge is -2.14. The highest BCUT2D eigenvalue weighted by Gasteiger charge is 2.13. The zero-order chi connectivity index (χ0) is 13.5. The summed E-state index contributed by atoms with van der Waals surface area (Å²) in [5, 5.41) is 3.75. The molecule has 1 fully saturated rings. The summed E-state index contributed by atoms with van der Waals surface area (Å²) < 4.78 is 0. The van der Waals surface area contributed by atoms with Gasteiger partial charge in [0.1, 0.15) is 0 Å². The van der Waals surface area contributed by atoms with E-state index in [0.717, 1.165) is 18.4 Å². The van der Waals surface area contributed by atoms with E-state index >= 15 is 0 Å². The average Bonchev–Trinajstić information content (AvgIpc) is 2.66. The quantitative estimate of drug-likeness (QED) is 0.651. The van der Waals surface area contributed by atoms with Crippen molar-refractivity contribution < 1.29 is 4.79 Å². The molecule has 0 saturated heterocycles. The normalized spacial score (nSPS) is 17.3. The van der Waals surface area contributed by atoms with Crippen molar-refractivity contribution in [1.29, 1.82) is 0 Å². The summed E-state index contributed by atoms with van der Waals surface area (Å²) in [6.07, 6.45) is 10.6. The third kappa shape index (κ3) is 4.71. The zero-order valence-electron chi connectivity index (χ0n) is 11.1. The number of nitrogens with one attached hydrogen (secondary N) is 1. The average molecular weight is 278 g/mol. The Kier molecular flexibility index (Phi) is 5.46. The van der Waals surface area contributed by atoms with Crippen molar-refractivity contribution in [1.82, 2.24) is 5.32 Å². The van der Waals surface area contributed by atoms with Crippen molar-refractivity contribution in [3.05, 3.63) is 40.9 Å². The molecular formula is C16H20ClNO. The maximum atomic E-state index is 11.9. The van der Waals surface area contributed by atoms with E-state index in [1.165, 1.54) is 25.7 Å². The summed E-state index contributed by atoms with van der Waals surface area (Å²) in [5.41, 5.74) is 0.875. The number of hydrogen-bond acceptors (Lipinski definition) is 1.